The summed E-state index contributed by atoms with van der Waals surface area (Å²) >= 11 is 0. The van der Waals surface area contributed by atoms with Crippen LogP contribution in [0.25, 0.3) is 21.7 Å². The average Bonchev–Trinajstić information content (AvgIpc) is 2.67. The lowest BCUT2D eigenvalue weighted by Gasteiger charge is -2.12. The maximum absolute atomic E-state index is 12.5. The second-order valence-corrected chi connectivity index (χ2v) is 6.11. The van der Waals surface area contributed by atoms with E-state index in [1.54, 1.807) is 26.6 Å². The van der Waals surface area contributed by atoms with E-state index >= 15 is 0 Å². The topological polar surface area (TPSA) is 64.2 Å². The molecule has 0 aliphatic rings. The predicted octanol–water partition coefficient (Wildman–Crippen LogP) is 4.11. The second kappa shape index (κ2) is 7.68. The van der Waals surface area contributed by atoms with Gasteiger partial charge in [0.1, 0.15) is 0 Å². The first-order valence-electron chi connectivity index (χ1n) is 8.29. The van der Waals surface area contributed by atoms with Crippen molar-refractivity contribution < 1.29 is 9.47 Å². The standard InChI is InChI=1S/C21H18N2O3.ClH/c1-25-19-9-16-12-22-11-15(17(16)10-20(19)26-2)8-14-7-13-5-3-4-6-18(13)23-21(14)24;/h3-7,9-12H,8H2,1-2H3,(H,23,24);1H. The van der Waals surface area contributed by atoms with E-state index < -0.39 is 0 Å². The number of methoxy groups -OCH3 is 2. The minimum atomic E-state index is -0.0822. The lowest BCUT2D eigenvalue weighted by Crippen LogP contribution is -2.12. The Balaban J connectivity index is 0.00000210. The zero-order valence-corrected chi connectivity index (χ0v) is 15.8. The van der Waals surface area contributed by atoms with E-state index in [0.717, 1.165) is 27.2 Å². The largest absolute Gasteiger partial charge is 0.493 e. The maximum Gasteiger partial charge on any atom is 0.251 e. The Hall–Kier alpha value is -3.05. The highest BCUT2D eigenvalue weighted by atomic mass is 35.5. The van der Waals surface area contributed by atoms with Crippen molar-refractivity contribution >= 4 is 34.1 Å². The first-order valence-corrected chi connectivity index (χ1v) is 8.29. The Morgan fingerprint density at radius 2 is 1.67 bits per heavy atom. The highest BCUT2D eigenvalue weighted by Crippen LogP contribution is 2.33. The molecule has 27 heavy (non-hydrogen) atoms. The third-order valence-electron chi connectivity index (χ3n) is 4.56. The molecule has 0 spiro atoms. The van der Waals surface area contributed by atoms with Crippen LogP contribution in [0.5, 0.6) is 11.5 Å². The smallest absolute Gasteiger partial charge is 0.251 e. The van der Waals surface area contributed by atoms with Crippen molar-refractivity contribution in [3.05, 3.63) is 76.3 Å². The predicted molar refractivity (Wildman–Crippen MR) is 109 cm³/mol. The summed E-state index contributed by atoms with van der Waals surface area (Å²) in [4.78, 5) is 19.7. The molecule has 0 fully saturated rings. The summed E-state index contributed by atoms with van der Waals surface area (Å²) in [5.41, 5.74) is 2.42. The van der Waals surface area contributed by atoms with Crippen molar-refractivity contribution in [1.29, 1.82) is 0 Å². The molecule has 0 aliphatic carbocycles. The molecule has 4 rings (SSSR count). The van der Waals surface area contributed by atoms with Gasteiger partial charge in [0.05, 0.1) is 14.2 Å². The van der Waals surface area contributed by atoms with Crippen molar-refractivity contribution in [3.63, 3.8) is 0 Å². The second-order valence-electron chi connectivity index (χ2n) is 6.11. The molecular formula is C21H19ClN2O3. The molecule has 0 bridgehead atoms. The zero-order valence-electron chi connectivity index (χ0n) is 15.0. The third kappa shape index (κ3) is 3.46. The average molecular weight is 383 g/mol. The van der Waals surface area contributed by atoms with Crippen LogP contribution in [0.3, 0.4) is 0 Å². The Morgan fingerprint density at radius 3 is 2.44 bits per heavy atom. The van der Waals surface area contributed by atoms with Gasteiger partial charge in [-0.05, 0) is 40.6 Å². The minimum Gasteiger partial charge on any atom is -0.493 e. The van der Waals surface area contributed by atoms with Gasteiger partial charge in [-0.3, -0.25) is 9.78 Å². The highest BCUT2D eigenvalue weighted by Gasteiger charge is 2.11. The lowest BCUT2D eigenvalue weighted by atomic mass is 10.0. The number of rotatable bonds is 4. The first-order chi connectivity index (χ1) is 12.7. The molecule has 0 aliphatic heterocycles. The molecule has 1 N–H and O–H groups in total. The van der Waals surface area contributed by atoms with Gasteiger partial charge in [-0.25, -0.2) is 0 Å². The summed E-state index contributed by atoms with van der Waals surface area (Å²) in [5, 5.41) is 2.94. The fourth-order valence-electron chi connectivity index (χ4n) is 3.23. The van der Waals surface area contributed by atoms with Crippen LogP contribution in [-0.4, -0.2) is 24.2 Å². The number of benzene rings is 2. The summed E-state index contributed by atoms with van der Waals surface area (Å²) < 4.78 is 10.8. The number of ether oxygens (including phenoxy) is 2. The van der Waals surface area contributed by atoms with E-state index in [0.29, 0.717) is 23.5 Å². The van der Waals surface area contributed by atoms with Crippen LogP contribution < -0.4 is 15.0 Å². The van der Waals surface area contributed by atoms with Gasteiger partial charge in [-0.1, -0.05) is 18.2 Å². The normalized spacial score (nSPS) is 10.6. The van der Waals surface area contributed by atoms with Crippen molar-refractivity contribution in [1.82, 2.24) is 9.97 Å². The van der Waals surface area contributed by atoms with Crippen molar-refractivity contribution in [2.75, 3.05) is 14.2 Å². The number of H-pyrrole nitrogens is 1. The van der Waals surface area contributed by atoms with Crippen LogP contribution in [0.4, 0.5) is 0 Å². The summed E-state index contributed by atoms with van der Waals surface area (Å²) in [6.45, 7) is 0. The fourth-order valence-corrected chi connectivity index (χ4v) is 3.23. The highest BCUT2D eigenvalue weighted by molar-refractivity contribution is 5.88. The molecule has 2 heterocycles. The molecule has 0 atom stereocenters. The van der Waals surface area contributed by atoms with Gasteiger partial charge >= 0.3 is 0 Å². The van der Waals surface area contributed by atoms with E-state index in [9.17, 15) is 4.79 Å². The lowest BCUT2D eigenvalue weighted by molar-refractivity contribution is 0.356. The number of hydrogen-bond acceptors (Lipinski definition) is 4. The Labute approximate surface area is 162 Å². The van der Waals surface area contributed by atoms with Gasteiger partial charge in [-0.15, -0.1) is 12.4 Å². The minimum absolute atomic E-state index is 0. The Morgan fingerprint density at radius 1 is 0.926 bits per heavy atom. The number of fused-ring (bicyclic) bond motifs is 2. The molecule has 0 saturated carbocycles. The van der Waals surface area contributed by atoms with E-state index in [-0.39, 0.29) is 18.0 Å². The summed E-state index contributed by atoms with van der Waals surface area (Å²) in [6.07, 6.45) is 4.06. The van der Waals surface area contributed by atoms with Crippen molar-refractivity contribution in [2.45, 2.75) is 6.42 Å². The van der Waals surface area contributed by atoms with Crippen molar-refractivity contribution in [2.24, 2.45) is 0 Å². The van der Waals surface area contributed by atoms with Gasteiger partial charge in [0.2, 0.25) is 0 Å². The molecule has 0 unspecified atom stereocenters. The maximum atomic E-state index is 12.5. The van der Waals surface area contributed by atoms with E-state index in [1.165, 1.54) is 0 Å². The quantitative estimate of drug-likeness (QED) is 0.577. The van der Waals surface area contributed by atoms with E-state index in [1.807, 2.05) is 42.5 Å². The number of nitrogens with zero attached hydrogens (tertiary/aromatic N) is 1. The SMILES string of the molecule is COc1cc2cncc(Cc3cc4ccccc4[nH]c3=O)c2cc1OC.Cl. The monoisotopic (exact) mass is 382 g/mol. The van der Waals surface area contributed by atoms with Crippen LogP contribution in [0.15, 0.2) is 59.7 Å². The van der Waals surface area contributed by atoms with Gasteiger partial charge in [0.15, 0.2) is 11.5 Å². The number of halogens is 1. The van der Waals surface area contributed by atoms with Crippen LogP contribution in [0.2, 0.25) is 0 Å². The zero-order chi connectivity index (χ0) is 18.1. The number of nitrogens with one attached hydrogen (secondary N) is 1. The van der Waals surface area contributed by atoms with Gasteiger partial charge in [-0.2, -0.15) is 0 Å². The molecule has 4 aromatic rings. The third-order valence-corrected chi connectivity index (χ3v) is 4.56. The van der Waals surface area contributed by atoms with E-state index in [4.69, 9.17) is 9.47 Å². The Bertz CT molecular complexity index is 1170. The fraction of sp³-hybridized carbons (Fsp3) is 0.143. The number of para-hydroxylation sites is 1. The van der Waals surface area contributed by atoms with Crippen LogP contribution in [0.1, 0.15) is 11.1 Å². The Kier molecular flexibility index (Phi) is 5.33. The molecular weight excluding hydrogens is 364 g/mol. The number of pyridine rings is 2. The summed E-state index contributed by atoms with van der Waals surface area (Å²) in [6, 6.07) is 13.5. The first kappa shape index (κ1) is 18.7. The van der Waals surface area contributed by atoms with Crippen molar-refractivity contribution in [3.8, 4) is 11.5 Å². The molecule has 138 valence electrons. The molecule has 6 heteroatoms. The van der Waals surface area contributed by atoms with Gasteiger partial charge < -0.3 is 14.5 Å². The van der Waals surface area contributed by atoms with Crippen LogP contribution >= 0.6 is 12.4 Å². The van der Waals surface area contributed by atoms with E-state index in [2.05, 4.69) is 9.97 Å². The van der Waals surface area contributed by atoms with Gasteiger partial charge in [0, 0.05) is 35.3 Å². The van der Waals surface area contributed by atoms with Gasteiger partial charge in [0.25, 0.3) is 5.56 Å². The molecule has 5 nitrogen and oxygen atoms in total. The molecule has 0 amide bonds. The summed E-state index contributed by atoms with van der Waals surface area (Å²) in [5.74, 6) is 1.31. The van der Waals surface area contributed by atoms with Crippen LogP contribution in [-0.2, 0) is 6.42 Å². The molecule has 0 saturated heterocycles. The molecule has 0 radical (unpaired) electrons. The van der Waals surface area contributed by atoms with Crippen LogP contribution in [0, 0.1) is 0 Å². The molecule has 2 aromatic carbocycles. The number of aromatic amines is 1. The summed E-state index contributed by atoms with van der Waals surface area (Å²) in [7, 11) is 3.22. The molecule has 2 aromatic heterocycles. The number of hydrogen-bond donors (Lipinski definition) is 1. The number of aromatic nitrogens is 2.